The van der Waals surface area contributed by atoms with Crippen molar-refractivity contribution in [1.82, 2.24) is 23.9 Å². The zero-order valence-electron chi connectivity index (χ0n) is 23.0. The van der Waals surface area contributed by atoms with Crippen molar-refractivity contribution in [3.8, 4) is 28.4 Å². The number of ether oxygens (including phenoxy) is 3. The molecular weight excluding hydrogens is 532 g/mol. The third kappa shape index (κ3) is 5.54. The van der Waals surface area contributed by atoms with Crippen molar-refractivity contribution < 1.29 is 22.6 Å². The molecular formula is C28H34N6O5S. The fourth-order valence-electron chi connectivity index (χ4n) is 4.82. The fourth-order valence-corrected chi connectivity index (χ4v) is 6.29. The normalized spacial score (nSPS) is 14.7. The molecule has 12 heteroatoms. The molecule has 0 N–H and O–H groups in total. The molecule has 0 unspecified atom stereocenters. The first-order chi connectivity index (χ1) is 19.5. The van der Waals surface area contributed by atoms with E-state index in [0.717, 1.165) is 29.8 Å². The predicted octanol–water partition coefficient (Wildman–Crippen LogP) is 3.89. The summed E-state index contributed by atoms with van der Waals surface area (Å²) in [6.45, 7) is 4.55. The predicted molar refractivity (Wildman–Crippen MR) is 152 cm³/mol. The zero-order valence-corrected chi connectivity index (χ0v) is 23.8. The number of hydrogen-bond acceptors (Lipinski definition) is 9. The molecule has 11 nitrogen and oxygen atoms in total. The maximum absolute atomic E-state index is 13.5. The second kappa shape index (κ2) is 12.1. The van der Waals surface area contributed by atoms with Gasteiger partial charge in [0.2, 0.25) is 10.0 Å². The summed E-state index contributed by atoms with van der Waals surface area (Å²) in [6.07, 6.45) is 5.87. The monoisotopic (exact) mass is 566 g/mol. The van der Waals surface area contributed by atoms with Crippen LogP contribution in [0.3, 0.4) is 0 Å². The van der Waals surface area contributed by atoms with Crippen molar-refractivity contribution in [2.24, 2.45) is 0 Å². The van der Waals surface area contributed by atoms with Gasteiger partial charge >= 0.3 is 0 Å². The summed E-state index contributed by atoms with van der Waals surface area (Å²) in [6, 6.07) is 12.4. The Bertz CT molecular complexity index is 1560. The molecule has 5 rings (SSSR count). The van der Waals surface area contributed by atoms with E-state index in [4.69, 9.17) is 14.2 Å². The highest BCUT2D eigenvalue weighted by atomic mass is 32.2. The van der Waals surface area contributed by atoms with Crippen LogP contribution in [0.2, 0.25) is 0 Å². The van der Waals surface area contributed by atoms with E-state index in [2.05, 4.69) is 26.9 Å². The molecule has 0 radical (unpaired) electrons. The molecule has 0 bridgehead atoms. The van der Waals surface area contributed by atoms with Crippen molar-refractivity contribution in [2.75, 3.05) is 51.9 Å². The summed E-state index contributed by atoms with van der Waals surface area (Å²) in [5, 5.41) is 4.44. The molecule has 0 amide bonds. The Kier molecular flexibility index (Phi) is 8.36. The van der Waals surface area contributed by atoms with Gasteiger partial charge in [-0.1, -0.05) is 19.4 Å². The number of benzene rings is 2. The van der Waals surface area contributed by atoms with Gasteiger partial charge in [0.1, 0.15) is 17.9 Å². The van der Waals surface area contributed by atoms with Crippen LogP contribution in [0.15, 0.2) is 59.9 Å². The second-order valence-electron chi connectivity index (χ2n) is 9.46. The van der Waals surface area contributed by atoms with Crippen LogP contribution >= 0.6 is 0 Å². The standard InChI is InChI=1S/C28H34N6O5S/c1-4-5-17-39-22-8-10-23(11-9-22)40(35,36)33-14-6-13-32(15-16-33)27-24(19-29-28-30-20-31-34(27)28)21-7-12-25(37-2)26(18-21)38-3/h7-12,18-20H,4-6,13-17H2,1-3H3. The summed E-state index contributed by atoms with van der Waals surface area (Å²) in [5.74, 6) is 3.15. The van der Waals surface area contributed by atoms with Crippen LogP contribution in [0.25, 0.3) is 16.9 Å². The Morgan fingerprint density at radius 1 is 0.925 bits per heavy atom. The van der Waals surface area contributed by atoms with E-state index in [1.54, 1.807) is 53.5 Å². The fraction of sp³-hybridized carbons (Fsp3) is 0.393. The lowest BCUT2D eigenvalue weighted by molar-refractivity contribution is 0.309. The number of nitrogens with zero attached hydrogens (tertiary/aromatic N) is 6. The third-order valence-corrected chi connectivity index (χ3v) is 8.87. The first kappa shape index (κ1) is 27.7. The highest BCUT2D eigenvalue weighted by Gasteiger charge is 2.29. The lowest BCUT2D eigenvalue weighted by Crippen LogP contribution is -2.35. The number of fused-ring (bicyclic) bond motifs is 1. The number of hydrogen-bond donors (Lipinski definition) is 0. The van der Waals surface area contributed by atoms with E-state index < -0.39 is 10.0 Å². The minimum atomic E-state index is -3.67. The van der Waals surface area contributed by atoms with Gasteiger partial charge < -0.3 is 19.1 Å². The molecule has 0 aliphatic carbocycles. The lowest BCUT2D eigenvalue weighted by Gasteiger charge is -2.26. The maximum atomic E-state index is 13.5. The average molecular weight is 567 g/mol. The van der Waals surface area contributed by atoms with Crippen LogP contribution in [0.1, 0.15) is 26.2 Å². The number of rotatable bonds is 10. The van der Waals surface area contributed by atoms with Crippen molar-refractivity contribution in [3.63, 3.8) is 0 Å². The number of unbranched alkanes of at least 4 members (excludes halogenated alkanes) is 1. The van der Waals surface area contributed by atoms with Crippen LogP contribution in [0, 0.1) is 0 Å². The van der Waals surface area contributed by atoms with Crippen molar-refractivity contribution in [1.29, 1.82) is 0 Å². The quantitative estimate of drug-likeness (QED) is 0.264. The summed E-state index contributed by atoms with van der Waals surface area (Å²) in [5.41, 5.74) is 1.70. The first-order valence-corrected chi connectivity index (χ1v) is 14.8. The largest absolute Gasteiger partial charge is 0.494 e. The molecule has 1 fully saturated rings. The van der Waals surface area contributed by atoms with Crippen LogP contribution in [-0.4, -0.2) is 79.3 Å². The lowest BCUT2D eigenvalue weighted by atomic mass is 10.1. The summed E-state index contributed by atoms with van der Waals surface area (Å²) >= 11 is 0. The van der Waals surface area contributed by atoms with Crippen molar-refractivity contribution >= 4 is 21.6 Å². The molecule has 4 aromatic rings. The van der Waals surface area contributed by atoms with Gasteiger partial charge in [-0.15, -0.1) is 0 Å². The molecule has 0 atom stereocenters. The molecule has 1 saturated heterocycles. The van der Waals surface area contributed by atoms with Gasteiger partial charge in [-0.2, -0.15) is 18.9 Å². The van der Waals surface area contributed by atoms with Crippen LogP contribution < -0.4 is 19.1 Å². The number of methoxy groups -OCH3 is 2. The van der Waals surface area contributed by atoms with Gasteiger partial charge in [0.25, 0.3) is 5.78 Å². The van der Waals surface area contributed by atoms with Gasteiger partial charge in [0.15, 0.2) is 11.5 Å². The SMILES string of the molecule is CCCCOc1ccc(S(=O)(=O)N2CCCN(c3c(-c4ccc(OC)c(OC)c4)cnc4ncnn34)CC2)cc1. The molecule has 0 saturated carbocycles. The van der Waals surface area contributed by atoms with Crippen molar-refractivity contribution in [2.45, 2.75) is 31.1 Å². The molecule has 1 aliphatic heterocycles. The Labute approximate surface area is 234 Å². The third-order valence-electron chi connectivity index (χ3n) is 6.96. The van der Waals surface area contributed by atoms with Crippen molar-refractivity contribution in [3.05, 3.63) is 55.0 Å². The molecule has 0 spiro atoms. The number of aromatic nitrogens is 4. The molecule has 3 heterocycles. The van der Waals surface area contributed by atoms with E-state index >= 15 is 0 Å². The van der Waals surface area contributed by atoms with Crippen LogP contribution in [-0.2, 0) is 10.0 Å². The molecule has 212 valence electrons. The van der Waals surface area contributed by atoms with Gasteiger partial charge in [0, 0.05) is 37.9 Å². The summed E-state index contributed by atoms with van der Waals surface area (Å²) in [4.78, 5) is 11.2. The molecule has 2 aromatic carbocycles. The number of anilines is 1. The number of sulfonamides is 1. The Hall–Kier alpha value is -3.90. The van der Waals surface area contributed by atoms with E-state index in [1.165, 1.54) is 6.33 Å². The van der Waals surface area contributed by atoms with E-state index in [-0.39, 0.29) is 4.90 Å². The summed E-state index contributed by atoms with van der Waals surface area (Å²) in [7, 11) is -0.479. The average Bonchev–Trinajstić information content (AvgIpc) is 3.32. The molecule has 1 aliphatic rings. The van der Waals surface area contributed by atoms with Gasteiger partial charge in [-0.25, -0.2) is 13.4 Å². The molecule has 40 heavy (non-hydrogen) atoms. The zero-order chi connectivity index (χ0) is 28.1. The van der Waals surface area contributed by atoms with Gasteiger partial charge in [-0.05, 0) is 54.8 Å². The Balaban J connectivity index is 1.41. The Morgan fingerprint density at radius 3 is 2.48 bits per heavy atom. The van der Waals surface area contributed by atoms with Crippen LogP contribution in [0.4, 0.5) is 5.82 Å². The summed E-state index contributed by atoms with van der Waals surface area (Å²) < 4.78 is 47.0. The maximum Gasteiger partial charge on any atom is 0.254 e. The molecule has 2 aromatic heterocycles. The van der Waals surface area contributed by atoms with Gasteiger partial charge in [0.05, 0.1) is 25.7 Å². The van der Waals surface area contributed by atoms with Gasteiger partial charge in [-0.3, -0.25) is 0 Å². The van der Waals surface area contributed by atoms with Crippen LogP contribution in [0.5, 0.6) is 17.2 Å². The smallest absolute Gasteiger partial charge is 0.254 e. The first-order valence-electron chi connectivity index (χ1n) is 13.4. The highest BCUT2D eigenvalue weighted by Crippen LogP contribution is 2.37. The van der Waals surface area contributed by atoms with E-state index in [0.29, 0.717) is 62.2 Å². The van der Waals surface area contributed by atoms with E-state index in [9.17, 15) is 8.42 Å². The Morgan fingerprint density at radius 2 is 1.73 bits per heavy atom. The topological polar surface area (TPSA) is 111 Å². The second-order valence-corrected chi connectivity index (χ2v) is 11.4. The minimum Gasteiger partial charge on any atom is -0.494 e. The minimum absolute atomic E-state index is 0.261. The van der Waals surface area contributed by atoms with E-state index in [1.807, 2.05) is 18.2 Å². The highest BCUT2D eigenvalue weighted by molar-refractivity contribution is 7.89.